The summed E-state index contributed by atoms with van der Waals surface area (Å²) in [6.07, 6.45) is 0. The minimum Gasteiger partial charge on any atom is -0.353 e. The van der Waals surface area contributed by atoms with Gasteiger partial charge in [-0.15, -0.1) is 0 Å². The van der Waals surface area contributed by atoms with E-state index in [0.29, 0.717) is 43.6 Å². The van der Waals surface area contributed by atoms with E-state index in [2.05, 4.69) is 9.97 Å². The summed E-state index contributed by atoms with van der Waals surface area (Å²) in [5.74, 6) is -1.75. The quantitative estimate of drug-likeness (QED) is 0.321. The van der Waals surface area contributed by atoms with E-state index in [-0.39, 0.29) is 11.1 Å². The summed E-state index contributed by atoms with van der Waals surface area (Å²) < 4.78 is 28.3. The maximum absolute atomic E-state index is 14.1. The SMILES string of the molecule is CC(C)(C)N1C(=O)c2c(c3c4cc(F)ccc4[nH]c3c3[nH]c4ccc(F)cc4c23)C1=O. The largest absolute Gasteiger partial charge is 0.353 e. The fraction of sp³-hybridized carbons (Fsp3) is 0.167. The Balaban J connectivity index is 1.92. The zero-order valence-corrected chi connectivity index (χ0v) is 17.0. The highest BCUT2D eigenvalue weighted by Gasteiger charge is 2.45. The van der Waals surface area contributed by atoms with Gasteiger partial charge in [0.15, 0.2) is 0 Å². The van der Waals surface area contributed by atoms with Crippen LogP contribution in [-0.2, 0) is 0 Å². The zero-order chi connectivity index (χ0) is 21.8. The van der Waals surface area contributed by atoms with Crippen LogP contribution in [0, 0.1) is 11.6 Å². The van der Waals surface area contributed by atoms with Crippen LogP contribution >= 0.6 is 0 Å². The summed E-state index contributed by atoms with van der Waals surface area (Å²) in [4.78, 5) is 34.9. The Morgan fingerprint density at radius 2 is 1.16 bits per heavy atom. The van der Waals surface area contributed by atoms with Crippen molar-refractivity contribution in [1.82, 2.24) is 14.9 Å². The molecule has 1 aliphatic heterocycles. The molecule has 3 aromatic carbocycles. The molecule has 31 heavy (non-hydrogen) atoms. The number of H-pyrrole nitrogens is 2. The number of halogens is 2. The zero-order valence-electron chi connectivity index (χ0n) is 17.0. The van der Waals surface area contributed by atoms with Gasteiger partial charge in [0.1, 0.15) is 11.6 Å². The molecule has 154 valence electrons. The first-order chi connectivity index (χ1) is 14.7. The fourth-order valence-electron chi connectivity index (χ4n) is 4.83. The highest BCUT2D eigenvalue weighted by Crippen LogP contribution is 2.45. The van der Waals surface area contributed by atoms with Crippen LogP contribution in [0.15, 0.2) is 36.4 Å². The standard InChI is InChI=1S/C24H17F2N3O2/c1-24(2,3)29-22(30)18-16-12-8-10(25)4-6-14(12)27-20(16)21-17(19(18)23(29)31)13-9-11(26)5-7-15(13)28-21/h4-9,27-28H,1-3H3. The van der Waals surface area contributed by atoms with Gasteiger partial charge in [-0.3, -0.25) is 14.5 Å². The number of benzene rings is 3. The molecule has 1 aliphatic rings. The molecule has 6 rings (SSSR count). The molecule has 0 saturated heterocycles. The molecule has 0 radical (unpaired) electrons. The second-order valence-electron chi connectivity index (χ2n) is 9.00. The predicted molar refractivity (Wildman–Crippen MR) is 115 cm³/mol. The topological polar surface area (TPSA) is 69.0 Å². The lowest BCUT2D eigenvalue weighted by Gasteiger charge is -2.29. The molecule has 0 atom stereocenters. The normalized spacial score (nSPS) is 14.7. The van der Waals surface area contributed by atoms with Gasteiger partial charge in [-0.2, -0.15) is 0 Å². The summed E-state index contributed by atoms with van der Waals surface area (Å²) in [5, 5.41) is 2.04. The van der Waals surface area contributed by atoms with Gasteiger partial charge >= 0.3 is 0 Å². The highest BCUT2D eigenvalue weighted by atomic mass is 19.1. The second-order valence-corrected chi connectivity index (χ2v) is 9.00. The van der Waals surface area contributed by atoms with Crippen molar-refractivity contribution in [3.05, 3.63) is 59.2 Å². The number of aromatic nitrogens is 2. The average Bonchev–Trinajstić information content (AvgIpc) is 3.31. The van der Waals surface area contributed by atoms with Gasteiger partial charge < -0.3 is 9.97 Å². The van der Waals surface area contributed by atoms with Crippen LogP contribution in [0.5, 0.6) is 0 Å². The van der Waals surface area contributed by atoms with Crippen molar-refractivity contribution in [2.75, 3.05) is 0 Å². The first-order valence-electron chi connectivity index (χ1n) is 9.93. The van der Waals surface area contributed by atoms with Crippen LogP contribution in [0.2, 0.25) is 0 Å². The third-order valence-electron chi connectivity index (χ3n) is 6.03. The number of rotatable bonds is 0. The summed E-state index contributed by atoms with van der Waals surface area (Å²) in [7, 11) is 0. The van der Waals surface area contributed by atoms with Gasteiger partial charge in [0.2, 0.25) is 0 Å². The van der Waals surface area contributed by atoms with Crippen molar-refractivity contribution < 1.29 is 18.4 Å². The second kappa shape index (κ2) is 5.49. The number of nitrogens with one attached hydrogen (secondary N) is 2. The fourth-order valence-corrected chi connectivity index (χ4v) is 4.83. The minimum atomic E-state index is -0.763. The summed E-state index contributed by atoms with van der Waals surface area (Å²) in [6, 6.07) is 8.61. The third kappa shape index (κ3) is 2.18. The predicted octanol–water partition coefficient (Wildman–Crippen LogP) is 5.63. The smallest absolute Gasteiger partial charge is 0.262 e. The number of hydrogen-bond donors (Lipinski definition) is 2. The van der Waals surface area contributed by atoms with Gasteiger partial charge in [-0.25, -0.2) is 8.78 Å². The molecule has 5 aromatic rings. The molecule has 3 heterocycles. The van der Waals surface area contributed by atoms with Gasteiger partial charge in [-0.05, 0) is 57.2 Å². The molecule has 0 unspecified atom stereocenters. The van der Waals surface area contributed by atoms with E-state index in [0.717, 1.165) is 0 Å². The summed E-state index contributed by atoms with van der Waals surface area (Å²) >= 11 is 0. The van der Waals surface area contributed by atoms with Crippen LogP contribution in [0.1, 0.15) is 41.5 Å². The van der Waals surface area contributed by atoms with Gasteiger partial charge in [0, 0.05) is 38.1 Å². The number of amides is 2. The Morgan fingerprint density at radius 1 is 0.742 bits per heavy atom. The van der Waals surface area contributed by atoms with Gasteiger partial charge in [0.05, 0.1) is 22.2 Å². The molecular formula is C24H17F2N3O2. The number of carbonyl (C=O) groups excluding carboxylic acids is 2. The first kappa shape index (κ1) is 18.1. The molecule has 5 nitrogen and oxygen atoms in total. The number of carbonyl (C=O) groups is 2. The van der Waals surface area contributed by atoms with Crippen LogP contribution in [-0.4, -0.2) is 32.2 Å². The summed E-state index contributed by atoms with van der Waals surface area (Å²) in [5.41, 5.74) is 2.15. The Morgan fingerprint density at radius 3 is 1.55 bits per heavy atom. The van der Waals surface area contributed by atoms with E-state index in [9.17, 15) is 18.4 Å². The minimum absolute atomic E-state index is 0.226. The molecule has 2 aromatic heterocycles. The molecule has 0 fully saturated rings. The maximum atomic E-state index is 14.1. The van der Waals surface area contributed by atoms with Crippen LogP contribution in [0.3, 0.4) is 0 Å². The molecule has 2 N–H and O–H groups in total. The van der Waals surface area contributed by atoms with Crippen molar-refractivity contribution in [1.29, 1.82) is 0 Å². The van der Waals surface area contributed by atoms with Crippen LogP contribution < -0.4 is 0 Å². The average molecular weight is 417 g/mol. The van der Waals surface area contributed by atoms with E-state index in [1.165, 1.54) is 29.2 Å². The van der Waals surface area contributed by atoms with E-state index >= 15 is 0 Å². The lowest BCUT2D eigenvalue weighted by atomic mass is 9.96. The van der Waals surface area contributed by atoms with Crippen LogP contribution in [0.25, 0.3) is 43.6 Å². The molecule has 0 spiro atoms. The number of fused-ring (bicyclic) bond motifs is 10. The first-order valence-corrected chi connectivity index (χ1v) is 9.93. The Bertz CT molecular complexity index is 1520. The van der Waals surface area contributed by atoms with E-state index in [1.54, 1.807) is 32.9 Å². The van der Waals surface area contributed by atoms with Crippen LogP contribution in [0.4, 0.5) is 8.78 Å². The van der Waals surface area contributed by atoms with Crippen molar-refractivity contribution in [3.63, 3.8) is 0 Å². The van der Waals surface area contributed by atoms with Crippen molar-refractivity contribution >= 4 is 55.4 Å². The Hall–Kier alpha value is -3.74. The maximum Gasteiger partial charge on any atom is 0.262 e. The molecule has 7 heteroatoms. The number of aromatic amines is 2. The highest BCUT2D eigenvalue weighted by molar-refractivity contribution is 6.39. The molecule has 2 amide bonds. The lowest BCUT2D eigenvalue weighted by Crippen LogP contribution is -2.45. The Kier molecular flexibility index (Phi) is 3.20. The van der Waals surface area contributed by atoms with E-state index < -0.39 is 29.0 Å². The van der Waals surface area contributed by atoms with E-state index in [1.807, 2.05) is 0 Å². The van der Waals surface area contributed by atoms with E-state index in [4.69, 9.17) is 0 Å². The molecular weight excluding hydrogens is 400 g/mol. The molecule has 0 bridgehead atoms. The molecule has 0 aliphatic carbocycles. The molecule has 0 saturated carbocycles. The number of nitrogens with zero attached hydrogens (tertiary/aromatic N) is 1. The monoisotopic (exact) mass is 417 g/mol. The van der Waals surface area contributed by atoms with Crippen molar-refractivity contribution in [2.24, 2.45) is 0 Å². The summed E-state index contributed by atoms with van der Waals surface area (Å²) in [6.45, 7) is 5.35. The number of imide groups is 1. The van der Waals surface area contributed by atoms with Gasteiger partial charge in [-0.1, -0.05) is 0 Å². The van der Waals surface area contributed by atoms with Crippen molar-refractivity contribution in [3.8, 4) is 0 Å². The lowest BCUT2D eigenvalue weighted by molar-refractivity contribution is 0.0509. The van der Waals surface area contributed by atoms with Crippen molar-refractivity contribution in [2.45, 2.75) is 26.3 Å². The van der Waals surface area contributed by atoms with Gasteiger partial charge in [0.25, 0.3) is 11.8 Å². The Labute approximate surface area is 174 Å². The third-order valence-corrected chi connectivity index (χ3v) is 6.03. The number of hydrogen-bond acceptors (Lipinski definition) is 2.